The zero-order chi connectivity index (χ0) is 11.4. The molecule has 0 amide bonds. The van der Waals surface area contributed by atoms with Crippen molar-refractivity contribution in [3.8, 4) is 0 Å². The predicted molar refractivity (Wildman–Crippen MR) is 68.0 cm³/mol. The van der Waals surface area contributed by atoms with E-state index >= 15 is 0 Å². The molecule has 82 valence electrons. The van der Waals surface area contributed by atoms with Gasteiger partial charge in [0, 0.05) is 0 Å². The van der Waals surface area contributed by atoms with Crippen molar-refractivity contribution in [2.75, 3.05) is 0 Å². The molecule has 0 nitrogen and oxygen atoms in total. The van der Waals surface area contributed by atoms with Gasteiger partial charge in [0.2, 0.25) is 0 Å². The third-order valence-electron chi connectivity index (χ3n) is 2.53. The van der Waals surface area contributed by atoms with E-state index in [2.05, 4.69) is 28.1 Å². The molecule has 0 heterocycles. The summed E-state index contributed by atoms with van der Waals surface area (Å²) in [6.07, 6.45) is 1.82. The first-order valence-corrected chi connectivity index (χ1v) is 6.03. The van der Waals surface area contributed by atoms with Crippen molar-refractivity contribution in [2.24, 2.45) is 0 Å². The molecule has 0 spiro atoms. The smallest absolute Gasteiger partial charge is 0.137 e. The Kier molecular flexibility index (Phi) is 3.73. The van der Waals surface area contributed by atoms with E-state index in [1.807, 2.05) is 24.3 Å². The van der Waals surface area contributed by atoms with Crippen molar-refractivity contribution >= 4 is 15.9 Å². The Labute approximate surface area is 103 Å². The summed E-state index contributed by atoms with van der Waals surface area (Å²) in [6.45, 7) is 0. The summed E-state index contributed by atoms with van der Waals surface area (Å²) in [6, 6.07) is 15.5. The summed E-state index contributed by atoms with van der Waals surface area (Å²) in [5.41, 5.74) is 2.32. The lowest BCUT2D eigenvalue weighted by Crippen LogP contribution is -1.92. The first kappa shape index (κ1) is 11.3. The highest BCUT2D eigenvalue weighted by atomic mass is 79.9. The molecule has 0 aliphatic rings. The van der Waals surface area contributed by atoms with E-state index in [1.165, 1.54) is 5.56 Å². The summed E-state index contributed by atoms with van der Waals surface area (Å²) in [7, 11) is 0. The van der Waals surface area contributed by atoms with Crippen molar-refractivity contribution < 1.29 is 4.39 Å². The van der Waals surface area contributed by atoms with Gasteiger partial charge >= 0.3 is 0 Å². The van der Waals surface area contributed by atoms with Gasteiger partial charge in [0.25, 0.3) is 0 Å². The van der Waals surface area contributed by atoms with Crippen LogP contribution in [0.15, 0.2) is 53.0 Å². The first-order chi connectivity index (χ1) is 7.75. The largest absolute Gasteiger partial charge is 0.206 e. The molecule has 2 aromatic rings. The van der Waals surface area contributed by atoms with Gasteiger partial charge in [0.05, 0.1) is 4.47 Å². The molecule has 0 aliphatic carbocycles. The normalized spacial score (nSPS) is 10.4. The van der Waals surface area contributed by atoms with E-state index in [1.54, 1.807) is 12.1 Å². The van der Waals surface area contributed by atoms with Crippen molar-refractivity contribution in [1.29, 1.82) is 0 Å². The van der Waals surface area contributed by atoms with Crippen LogP contribution in [0.4, 0.5) is 4.39 Å². The summed E-state index contributed by atoms with van der Waals surface area (Å²) >= 11 is 3.15. The SMILES string of the molecule is Fc1cc(CCc2ccccc2)ccc1Br. The van der Waals surface area contributed by atoms with Crippen LogP contribution >= 0.6 is 15.9 Å². The van der Waals surface area contributed by atoms with E-state index < -0.39 is 0 Å². The Bertz CT molecular complexity index is 465. The number of hydrogen-bond acceptors (Lipinski definition) is 0. The van der Waals surface area contributed by atoms with Gasteiger partial charge in [0.1, 0.15) is 5.82 Å². The second-order valence-electron chi connectivity index (χ2n) is 3.73. The number of rotatable bonds is 3. The maximum atomic E-state index is 13.3. The highest BCUT2D eigenvalue weighted by Crippen LogP contribution is 2.17. The van der Waals surface area contributed by atoms with Gasteiger partial charge < -0.3 is 0 Å². The number of benzene rings is 2. The molecule has 2 rings (SSSR count). The van der Waals surface area contributed by atoms with Gasteiger partial charge in [-0.2, -0.15) is 0 Å². The van der Waals surface area contributed by atoms with Gasteiger partial charge in [-0.3, -0.25) is 0 Å². The van der Waals surface area contributed by atoms with E-state index in [4.69, 9.17) is 0 Å². The monoisotopic (exact) mass is 278 g/mol. The Balaban J connectivity index is 2.03. The molecule has 16 heavy (non-hydrogen) atoms. The molecule has 0 aromatic heterocycles. The fraction of sp³-hybridized carbons (Fsp3) is 0.143. The van der Waals surface area contributed by atoms with Crippen LogP contribution in [-0.2, 0) is 12.8 Å². The molecule has 2 aromatic carbocycles. The molecule has 0 unspecified atom stereocenters. The zero-order valence-corrected chi connectivity index (χ0v) is 10.4. The second kappa shape index (κ2) is 5.26. The summed E-state index contributed by atoms with van der Waals surface area (Å²) in [5, 5.41) is 0. The molecular formula is C14H12BrF. The standard InChI is InChI=1S/C14H12BrF/c15-13-9-8-12(10-14(13)16)7-6-11-4-2-1-3-5-11/h1-5,8-10H,6-7H2. The van der Waals surface area contributed by atoms with Crippen LogP contribution in [0.1, 0.15) is 11.1 Å². The minimum absolute atomic E-state index is 0.189. The molecule has 0 aliphatic heterocycles. The molecule has 0 N–H and O–H groups in total. The van der Waals surface area contributed by atoms with E-state index in [0.29, 0.717) is 4.47 Å². The lowest BCUT2D eigenvalue weighted by Gasteiger charge is -2.03. The van der Waals surface area contributed by atoms with Crippen LogP contribution < -0.4 is 0 Å². The van der Waals surface area contributed by atoms with Crippen LogP contribution in [0.5, 0.6) is 0 Å². The average molecular weight is 279 g/mol. The highest BCUT2D eigenvalue weighted by Gasteiger charge is 2.01. The highest BCUT2D eigenvalue weighted by molar-refractivity contribution is 9.10. The maximum Gasteiger partial charge on any atom is 0.137 e. The molecular weight excluding hydrogens is 267 g/mol. The van der Waals surface area contributed by atoms with Gasteiger partial charge in [-0.25, -0.2) is 4.39 Å². The third kappa shape index (κ3) is 2.92. The Hall–Kier alpha value is -1.15. The van der Waals surface area contributed by atoms with E-state index in [0.717, 1.165) is 18.4 Å². The van der Waals surface area contributed by atoms with E-state index in [-0.39, 0.29) is 5.82 Å². The lowest BCUT2D eigenvalue weighted by atomic mass is 10.0. The minimum Gasteiger partial charge on any atom is -0.206 e. The quantitative estimate of drug-likeness (QED) is 0.782. The van der Waals surface area contributed by atoms with Crippen LogP contribution in [0.2, 0.25) is 0 Å². The van der Waals surface area contributed by atoms with Gasteiger partial charge in [-0.15, -0.1) is 0 Å². The summed E-state index contributed by atoms with van der Waals surface area (Å²) in [4.78, 5) is 0. The molecule has 0 fully saturated rings. The fourth-order valence-electron chi connectivity index (χ4n) is 1.63. The summed E-state index contributed by atoms with van der Waals surface area (Å²) in [5.74, 6) is -0.189. The van der Waals surface area contributed by atoms with Crippen molar-refractivity contribution in [3.05, 3.63) is 69.9 Å². The topological polar surface area (TPSA) is 0 Å². The van der Waals surface area contributed by atoms with Crippen molar-refractivity contribution in [2.45, 2.75) is 12.8 Å². The van der Waals surface area contributed by atoms with E-state index in [9.17, 15) is 4.39 Å². The fourth-order valence-corrected chi connectivity index (χ4v) is 1.88. The molecule has 0 bridgehead atoms. The molecule has 0 saturated heterocycles. The Morgan fingerprint density at radius 3 is 2.25 bits per heavy atom. The van der Waals surface area contributed by atoms with Crippen LogP contribution in [0, 0.1) is 5.82 Å². The predicted octanol–water partition coefficient (Wildman–Crippen LogP) is 4.37. The Morgan fingerprint density at radius 1 is 0.875 bits per heavy atom. The van der Waals surface area contributed by atoms with Crippen LogP contribution in [-0.4, -0.2) is 0 Å². The number of hydrogen-bond donors (Lipinski definition) is 0. The molecule has 0 saturated carbocycles. The maximum absolute atomic E-state index is 13.3. The Morgan fingerprint density at radius 2 is 1.56 bits per heavy atom. The van der Waals surface area contributed by atoms with Gasteiger partial charge in [-0.05, 0) is 52.0 Å². The first-order valence-electron chi connectivity index (χ1n) is 5.23. The van der Waals surface area contributed by atoms with Crippen LogP contribution in [0.25, 0.3) is 0 Å². The lowest BCUT2D eigenvalue weighted by molar-refractivity contribution is 0.618. The third-order valence-corrected chi connectivity index (χ3v) is 3.17. The van der Waals surface area contributed by atoms with Gasteiger partial charge in [0.15, 0.2) is 0 Å². The summed E-state index contributed by atoms with van der Waals surface area (Å²) < 4.78 is 13.8. The van der Waals surface area contributed by atoms with Crippen molar-refractivity contribution in [1.82, 2.24) is 0 Å². The molecule has 2 heteroatoms. The molecule has 0 atom stereocenters. The van der Waals surface area contributed by atoms with Crippen LogP contribution in [0.3, 0.4) is 0 Å². The number of halogens is 2. The zero-order valence-electron chi connectivity index (χ0n) is 8.79. The van der Waals surface area contributed by atoms with Gasteiger partial charge in [-0.1, -0.05) is 36.4 Å². The second-order valence-corrected chi connectivity index (χ2v) is 4.59. The van der Waals surface area contributed by atoms with Crippen molar-refractivity contribution in [3.63, 3.8) is 0 Å². The average Bonchev–Trinajstić information content (AvgIpc) is 2.32. The minimum atomic E-state index is -0.189. The molecule has 0 radical (unpaired) electrons. The number of aryl methyl sites for hydroxylation is 2.